The number of para-hydroxylation sites is 1. The topological polar surface area (TPSA) is 12.5 Å². The molecule has 0 amide bonds. The van der Waals surface area contributed by atoms with Crippen molar-refractivity contribution in [3.63, 3.8) is 0 Å². The molecule has 2 aliphatic rings. The third-order valence-corrected chi connectivity index (χ3v) is 4.52. The van der Waals surface area contributed by atoms with Crippen LogP contribution in [-0.4, -0.2) is 36.0 Å². The van der Waals surface area contributed by atoms with Gasteiger partial charge in [-0.05, 0) is 36.9 Å². The highest BCUT2D eigenvalue weighted by atomic mass is 79.9. The summed E-state index contributed by atoms with van der Waals surface area (Å²) < 4.78 is 6.01. The zero-order valence-corrected chi connectivity index (χ0v) is 12.2. The molecule has 0 aromatic heterocycles. The molecule has 18 heavy (non-hydrogen) atoms. The van der Waals surface area contributed by atoms with E-state index < -0.39 is 0 Å². The van der Waals surface area contributed by atoms with Crippen LogP contribution in [0.5, 0.6) is 5.75 Å². The average molecular weight is 310 g/mol. The predicted octanol–water partition coefficient (Wildman–Crippen LogP) is 3.10. The lowest BCUT2D eigenvalue weighted by molar-refractivity contribution is 0.165. The molecule has 2 heterocycles. The van der Waals surface area contributed by atoms with Crippen LogP contribution >= 0.6 is 15.9 Å². The highest BCUT2D eigenvalue weighted by Crippen LogP contribution is 2.29. The van der Waals surface area contributed by atoms with Crippen molar-refractivity contribution in [1.29, 1.82) is 0 Å². The molecule has 3 heteroatoms. The number of hydrogen-bond acceptors (Lipinski definition) is 2. The molecule has 0 aliphatic carbocycles. The van der Waals surface area contributed by atoms with Crippen molar-refractivity contribution in [2.24, 2.45) is 5.92 Å². The Bertz CT molecular complexity index is 384. The van der Waals surface area contributed by atoms with Crippen LogP contribution in [0, 0.1) is 5.92 Å². The van der Waals surface area contributed by atoms with Crippen molar-refractivity contribution in [3.05, 3.63) is 29.8 Å². The fourth-order valence-electron chi connectivity index (χ4n) is 3.11. The van der Waals surface area contributed by atoms with Gasteiger partial charge in [0.2, 0.25) is 0 Å². The van der Waals surface area contributed by atoms with E-state index in [0.717, 1.165) is 30.0 Å². The molecule has 0 radical (unpaired) electrons. The molecular formula is C15H20BrNO. The van der Waals surface area contributed by atoms with Crippen molar-refractivity contribution in [3.8, 4) is 5.75 Å². The van der Waals surface area contributed by atoms with Crippen molar-refractivity contribution < 1.29 is 4.74 Å². The molecule has 1 aromatic carbocycles. The molecule has 2 aliphatic heterocycles. The lowest BCUT2D eigenvalue weighted by Crippen LogP contribution is -2.33. The van der Waals surface area contributed by atoms with E-state index >= 15 is 0 Å². The standard InChI is InChI=1S/C15H20BrNO/c16-7-5-12-6-8-17(10-12)11-14-9-13-3-1-2-4-15(13)18-14/h1-4,12,14H,5-11H2. The summed E-state index contributed by atoms with van der Waals surface area (Å²) in [5.41, 5.74) is 1.37. The van der Waals surface area contributed by atoms with Gasteiger partial charge in [0.25, 0.3) is 0 Å². The van der Waals surface area contributed by atoms with Gasteiger partial charge < -0.3 is 4.74 Å². The molecule has 1 saturated heterocycles. The first-order chi connectivity index (χ1) is 8.85. The SMILES string of the molecule is BrCCC1CCN(CC2Cc3ccccc3O2)C1. The molecule has 3 rings (SSSR count). The number of hydrogen-bond donors (Lipinski definition) is 0. The summed E-state index contributed by atoms with van der Waals surface area (Å²) in [6, 6.07) is 8.44. The van der Waals surface area contributed by atoms with Crippen LogP contribution in [0.15, 0.2) is 24.3 Å². The van der Waals surface area contributed by atoms with E-state index in [0.29, 0.717) is 6.10 Å². The van der Waals surface area contributed by atoms with Crippen LogP contribution in [0.4, 0.5) is 0 Å². The Morgan fingerprint density at radius 2 is 2.22 bits per heavy atom. The Labute approximate surface area is 117 Å². The smallest absolute Gasteiger partial charge is 0.123 e. The molecule has 2 atom stereocenters. The zero-order chi connectivity index (χ0) is 12.4. The number of halogens is 1. The number of alkyl halides is 1. The fraction of sp³-hybridized carbons (Fsp3) is 0.600. The number of ether oxygens (including phenoxy) is 1. The quantitative estimate of drug-likeness (QED) is 0.793. The summed E-state index contributed by atoms with van der Waals surface area (Å²) in [6.45, 7) is 3.59. The van der Waals surface area contributed by atoms with Gasteiger partial charge in [0.05, 0.1) is 0 Å². The maximum Gasteiger partial charge on any atom is 0.123 e. The normalized spacial score (nSPS) is 27.2. The van der Waals surface area contributed by atoms with Gasteiger partial charge in [0.15, 0.2) is 0 Å². The van der Waals surface area contributed by atoms with Crippen molar-refractivity contribution >= 4 is 15.9 Å². The first-order valence-corrected chi connectivity index (χ1v) is 8.00. The fourth-order valence-corrected chi connectivity index (χ4v) is 3.76. The molecule has 1 aromatic rings. The van der Waals surface area contributed by atoms with E-state index in [9.17, 15) is 0 Å². The van der Waals surface area contributed by atoms with Gasteiger partial charge in [-0.25, -0.2) is 0 Å². The molecule has 0 bridgehead atoms. The highest BCUT2D eigenvalue weighted by molar-refractivity contribution is 9.09. The summed E-state index contributed by atoms with van der Waals surface area (Å²) in [5.74, 6) is 1.98. The maximum absolute atomic E-state index is 6.01. The van der Waals surface area contributed by atoms with Crippen LogP contribution in [-0.2, 0) is 6.42 Å². The molecule has 1 fully saturated rings. The Morgan fingerprint density at radius 3 is 3.06 bits per heavy atom. The van der Waals surface area contributed by atoms with Crippen LogP contribution in [0.1, 0.15) is 18.4 Å². The molecule has 0 N–H and O–H groups in total. The monoisotopic (exact) mass is 309 g/mol. The van der Waals surface area contributed by atoms with Gasteiger partial charge in [0.1, 0.15) is 11.9 Å². The molecule has 2 nitrogen and oxygen atoms in total. The second-order valence-electron chi connectivity index (χ2n) is 5.44. The van der Waals surface area contributed by atoms with Gasteiger partial charge in [-0.1, -0.05) is 34.1 Å². The number of likely N-dealkylation sites (tertiary alicyclic amines) is 1. The molecular weight excluding hydrogens is 290 g/mol. The van der Waals surface area contributed by atoms with Crippen molar-refractivity contribution in [1.82, 2.24) is 4.90 Å². The van der Waals surface area contributed by atoms with Gasteiger partial charge in [-0.2, -0.15) is 0 Å². The molecule has 98 valence electrons. The summed E-state index contributed by atoms with van der Waals surface area (Å²) >= 11 is 3.54. The largest absolute Gasteiger partial charge is 0.488 e. The van der Waals surface area contributed by atoms with Gasteiger partial charge in [0, 0.05) is 24.8 Å². The lowest BCUT2D eigenvalue weighted by Gasteiger charge is -2.20. The minimum Gasteiger partial charge on any atom is -0.488 e. The maximum atomic E-state index is 6.01. The second-order valence-corrected chi connectivity index (χ2v) is 6.24. The van der Waals surface area contributed by atoms with E-state index in [1.54, 1.807) is 0 Å². The molecule has 2 unspecified atom stereocenters. The number of nitrogens with zero attached hydrogens (tertiary/aromatic N) is 1. The first-order valence-electron chi connectivity index (χ1n) is 6.88. The number of benzene rings is 1. The van der Waals surface area contributed by atoms with Crippen LogP contribution < -0.4 is 4.74 Å². The van der Waals surface area contributed by atoms with E-state index in [2.05, 4.69) is 45.1 Å². The van der Waals surface area contributed by atoms with Crippen molar-refractivity contribution in [2.75, 3.05) is 25.0 Å². The van der Waals surface area contributed by atoms with Crippen molar-refractivity contribution in [2.45, 2.75) is 25.4 Å². The Kier molecular flexibility index (Phi) is 3.90. The highest BCUT2D eigenvalue weighted by Gasteiger charge is 2.28. The van der Waals surface area contributed by atoms with E-state index in [-0.39, 0.29) is 0 Å². The van der Waals surface area contributed by atoms with Gasteiger partial charge in [-0.15, -0.1) is 0 Å². The Morgan fingerprint density at radius 1 is 1.33 bits per heavy atom. The van der Waals surface area contributed by atoms with E-state index in [1.165, 1.54) is 31.5 Å². The molecule has 0 saturated carbocycles. The first kappa shape index (κ1) is 12.5. The summed E-state index contributed by atoms with van der Waals surface area (Å²) in [5, 5.41) is 1.14. The third kappa shape index (κ3) is 2.72. The minimum atomic E-state index is 0.366. The van der Waals surface area contributed by atoms with E-state index in [4.69, 9.17) is 4.74 Å². The zero-order valence-electron chi connectivity index (χ0n) is 10.6. The molecule has 0 spiro atoms. The lowest BCUT2D eigenvalue weighted by atomic mass is 10.1. The van der Waals surface area contributed by atoms with Crippen LogP contribution in [0.25, 0.3) is 0 Å². The predicted molar refractivity (Wildman–Crippen MR) is 77.5 cm³/mol. The second kappa shape index (κ2) is 5.62. The van der Waals surface area contributed by atoms with Gasteiger partial charge in [-0.3, -0.25) is 4.90 Å². The Balaban J connectivity index is 1.51. The summed E-state index contributed by atoms with van der Waals surface area (Å²) in [6.07, 6.45) is 4.11. The van der Waals surface area contributed by atoms with Gasteiger partial charge >= 0.3 is 0 Å². The van der Waals surface area contributed by atoms with E-state index in [1.807, 2.05) is 0 Å². The van der Waals surface area contributed by atoms with Crippen LogP contribution in [0.3, 0.4) is 0 Å². The Hall–Kier alpha value is -0.540. The number of fused-ring (bicyclic) bond motifs is 1. The summed E-state index contributed by atoms with van der Waals surface area (Å²) in [4.78, 5) is 2.57. The summed E-state index contributed by atoms with van der Waals surface area (Å²) in [7, 11) is 0. The number of rotatable bonds is 4. The minimum absolute atomic E-state index is 0.366. The van der Waals surface area contributed by atoms with Crippen LogP contribution in [0.2, 0.25) is 0 Å². The third-order valence-electron chi connectivity index (χ3n) is 4.06. The average Bonchev–Trinajstić information content (AvgIpc) is 2.96.